The predicted molar refractivity (Wildman–Crippen MR) is 88.7 cm³/mol. The van der Waals surface area contributed by atoms with Crippen molar-refractivity contribution in [1.29, 1.82) is 0 Å². The first-order valence-electron chi connectivity index (χ1n) is 7.82. The molecule has 1 aliphatic rings. The number of hydrogen-bond acceptors (Lipinski definition) is 3. The Balaban J connectivity index is 1.67. The Bertz CT molecular complexity index is 887. The van der Waals surface area contributed by atoms with Gasteiger partial charge in [-0.2, -0.15) is 0 Å². The summed E-state index contributed by atoms with van der Waals surface area (Å²) in [4.78, 5) is 13.7. The molecule has 0 spiro atoms. The summed E-state index contributed by atoms with van der Waals surface area (Å²) < 4.78 is 18.5. The quantitative estimate of drug-likeness (QED) is 0.794. The van der Waals surface area contributed by atoms with Crippen LogP contribution in [0.25, 0.3) is 11.0 Å². The molecule has 3 aromatic rings. The predicted octanol–water partition coefficient (Wildman–Crippen LogP) is 3.88. The van der Waals surface area contributed by atoms with Crippen LogP contribution in [-0.2, 0) is 4.79 Å². The summed E-state index contributed by atoms with van der Waals surface area (Å²) in [7, 11) is 0. The Morgan fingerprint density at radius 2 is 1.92 bits per heavy atom. The van der Waals surface area contributed by atoms with Gasteiger partial charge in [0.25, 0.3) is 0 Å². The molecule has 1 aromatic heterocycles. The van der Waals surface area contributed by atoms with Crippen LogP contribution in [0.3, 0.4) is 0 Å². The summed E-state index contributed by atoms with van der Waals surface area (Å²) in [6.07, 6.45) is 1.63. The maximum atomic E-state index is 13.1. The van der Waals surface area contributed by atoms with Crippen LogP contribution in [0, 0.1) is 11.7 Å². The van der Waals surface area contributed by atoms with Crippen LogP contribution in [-0.4, -0.2) is 24.2 Å². The van der Waals surface area contributed by atoms with Gasteiger partial charge in [0, 0.05) is 30.1 Å². The van der Waals surface area contributed by atoms with Gasteiger partial charge in [-0.15, -0.1) is 0 Å². The first-order chi connectivity index (χ1) is 11.6. The van der Waals surface area contributed by atoms with E-state index in [1.165, 1.54) is 12.1 Å². The van der Waals surface area contributed by atoms with Crippen molar-refractivity contribution in [2.75, 3.05) is 18.0 Å². The monoisotopic (exact) mass is 325 g/mol. The Labute approximate surface area is 138 Å². The molecule has 0 amide bonds. The van der Waals surface area contributed by atoms with E-state index in [0.717, 1.165) is 22.2 Å². The Kier molecular flexibility index (Phi) is 3.49. The fraction of sp³-hybridized carbons (Fsp3) is 0.211. The van der Waals surface area contributed by atoms with Gasteiger partial charge in [-0.05, 0) is 48.0 Å². The highest BCUT2D eigenvalue weighted by molar-refractivity contribution is 5.79. The normalized spacial score (nSPS) is 20.6. The molecule has 1 aliphatic heterocycles. The highest BCUT2D eigenvalue weighted by Gasteiger charge is 2.38. The SMILES string of the molecule is O=C(O)C1CN(c2ccc(F)cc2)CC1c1ccc2occc2c1. The first kappa shape index (κ1) is 14.8. The molecule has 4 rings (SSSR count). The zero-order valence-corrected chi connectivity index (χ0v) is 12.9. The van der Waals surface area contributed by atoms with Gasteiger partial charge in [-0.3, -0.25) is 4.79 Å². The van der Waals surface area contributed by atoms with Crippen molar-refractivity contribution < 1.29 is 18.7 Å². The minimum absolute atomic E-state index is 0.119. The largest absolute Gasteiger partial charge is 0.481 e. The van der Waals surface area contributed by atoms with Gasteiger partial charge in [0.15, 0.2) is 0 Å². The molecule has 4 nitrogen and oxygen atoms in total. The molecule has 1 N–H and O–H groups in total. The molecule has 2 aromatic carbocycles. The van der Waals surface area contributed by atoms with Gasteiger partial charge >= 0.3 is 5.97 Å². The zero-order chi connectivity index (χ0) is 16.7. The van der Waals surface area contributed by atoms with Crippen LogP contribution in [0.15, 0.2) is 59.2 Å². The van der Waals surface area contributed by atoms with Gasteiger partial charge in [0.05, 0.1) is 12.2 Å². The van der Waals surface area contributed by atoms with E-state index < -0.39 is 11.9 Å². The smallest absolute Gasteiger partial charge is 0.308 e. The van der Waals surface area contributed by atoms with Crippen LogP contribution in [0.5, 0.6) is 0 Å². The number of fused-ring (bicyclic) bond motifs is 1. The molecule has 2 heterocycles. The number of aliphatic carboxylic acids is 1. The zero-order valence-electron chi connectivity index (χ0n) is 12.9. The highest BCUT2D eigenvalue weighted by Crippen LogP contribution is 2.36. The van der Waals surface area contributed by atoms with Gasteiger partial charge in [-0.1, -0.05) is 6.07 Å². The fourth-order valence-electron chi connectivity index (χ4n) is 3.47. The number of carbonyl (C=O) groups is 1. The minimum atomic E-state index is -0.808. The second-order valence-electron chi connectivity index (χ2n) is 6.15. The van der Waals surface area contributed by atoms with Crippen LogP contribution < -0.4 is 4.90 Å². The summed E-state index contributed by atoms with van der Waals surface area (Å²) in [5.41, 5.74) is 2.62. The van der Waals surface area contributed by atoms with Crippen molar-refractivity contribution >= 4 is 22.6 Å². The van der Waals surface area contributed by atoms with Crippen molar-refractivity contribution in [3.05, 3.63) is 66.2 Å². The number of halogens is 1. The fourth-order valence-corrected chi connectivity index (χ4v) is 3.47. The van der Waals surface area contributed by atoms with Gasteiger partial charge in [-0.25, -0.2) is 4.39 Å². The van der Waals surface area contributed by atoms with E-state index in [1.807, 2.05) is 29.2 Å². The van der Waals surface area contributed by atoms with Gasteiger partial charge in [0.1, 0.15) is 11.4 Å². The molecule has 2 atom stereocenters. The number of furan rings is 1. The number of carboxylic acids is 1. The summed E-state index contributed by atoms with van der Waals surface area (Å²) in [5.74, 6) is -1.72. The molecule has 5 heteroatoms. The van der Waals surface area contributed by atoms with Crippen LogP contribution >= 0.6 is 0 Å². The van der Waals surface area contributed by atoms with Crippen LogP contribution in [0.4, 0.5) is 10.1 Å². The lowest BCUT2D eigenvalue weighted by atomic mass is 9.88. The lowest BCUT2D eigenvalue weighted by Crippen LogP contribution is -2.23. The molecule has 122 valence electrons. The molecule has 0 aliphatic carbocycles. The second-order valence-corrected chi connectivity index (χ2v) is 6.15. The highest BCUT2D eigenvalue weighted by atomic mass is 19.1. The van der Waals surface area contributed by atoms with Crippen molar-refractivity contribution in [3.63, 3.8) is 0 Å². The van der Waals surface area contributed by atoms with E-state index in [9.17, 15) is 14.3 Å². The average molecular weight is 325 g/mol. The number of rotatable bonds is 3. The summed E-state index contributed by atoms with van der Waals surface area (Å²) in [6, 6.07) is 13.9. The van der Waals surface area contributed by atoms with Crippen molar-refractivity contribution in [2.45, 2.75) is 5.92 Å². The Hall–Kier alpha value is -2.82. The van der Waals surface area contributed by atoms with Crippen LogP contribution in [0.2, 0.25) is 0 Å². The van der Waals surface area contributed by atoms with Crippen molar-refractivity contribution in [1.82, 2.24) is 0 Å². The van der Waals surface area contributed by atoms with E-state index in [1.54, 1.807) is 18.4 Å². The average Bonchev–Trinajstić information content (AvgIpc) is 3.21. The van der Waals surface area contributed by atoms with E-state index in [2.05, 4.69) is 0 Å². The number of anilines is 1. The van der Waals surface area contributed by atoms with Crippen LogP contribution in [0.1, 0.15) is 11.5 Å². The Morgan fingerprint density at radius 3 is 2.67 bits per heavy atom. The lowest BCUT2D eigenvalue weighted by Gasteiger charge is -2.18. The number of carboxylic acid groups (broad SMARTS) is 1. The van der Waals surface area contributed by atoms with E-state index in [4.69, 9.17) is 4.42 Å². The topological polar surface area (TPSA) is 53.7 Å². The molecular formula is C19H16FNO3. The molecule has 1 saturated heterocycles. The van der Waals surface area contributed by atoms with Crippen molar-refractivity contribution in [2.24, 2.45) is 5.92 Å². The third kappa shape index (κ3) is 2.52. The number of hydrogen-bond donors (Lipinski definition) is 1. The third-order valence-corrected chi connectivity index (χ3v) is 4.73. The Morgan fingerprint density at radius 1 is 1.12 bits per heavy atom. The molecule has 1 fully saturated rings. The van der Waals surface area contributed by atoms with E-state index in [-0.39, 0.29) is 11.7 Å². The maximum absolute atomic E-state index is 13.1. The molecule has 2 unspecified atom stereocenters. The summed E-state index contributed by atoms with van der Waals surface area (Å²) in [5, 5.41) is 10.6. The number of nitrogens with zero attached hydrogens (tertiary/aromatic N) is 1. The van der Waals surface area contributed by atoms with Gasteiger partial charge in [0.2, 0.25) is 0 Å². The molecule has 24 heavy (non-hydrogen) atoms. The maximum Gasteiger partial charge on any atom is 0.308 e. The summed E-state index contributed by atoms with van der Waals surface area (Å²) in [6.45, 7) is 1.00. The standard InChI is InChI=1S/C19H16FNO3/c20-14-2-4-15(5-3-14)21-10-16(17(11-21)19(22)23)12-1-6-18-13(9-12)7-8-24-18/h1-9,16-17H,10-11H2,(H,22,23). The third-order valence-electron chi connectivity index (χ3n) is 4.73. The number of benzene rings is 2. The second kappa shape index (κ2) is 5.67. The van der Waals surface area contributed by atoms with E-state index in [0.29, 0.717) is 13.1 Å². The summed E-state index contributed by atoms with van der Waals surface area (Å²) >= 11 is 0. The van der Waals surface area contributed by atoms with E-state index >= 15 is 0 Å². The van der Waals surface area contributed by atoms with Crippen molar-refractivity contribution in [3.8, 4) is 0 Å². The molecule has 0 bridgehead atoms. The molecule has 0 radical (unpaired) electrons. The first-order valence-corrected chi connectivity index (χ1v) is 7.82. The minimum Gasteiger partial charge on any atom is -0.481 e. The lowest BCUT2D eigenvalue weighted by molar-refractivity contribution is -0.141. The molecular weight excluding hydrogens is 309 g/mol. The molecule has 0 saturated carbocycles. The van der Waals surface area contributed by atoms with Gasteiger partial charge < -0.3 is 14.4 Å².